The van der Waals surface area contributed by atoms with E-state index in [9.17, 15) is 14.4 Å². The first kappa shape index (κ1) is 18.1. The van der Waals surface area contributed by atoms with Crippen molar-refractivity contribution in [1.82, 2.24) is 9.55 Å². The molecule has 6 nitrogen and oxygen atoms in total. The van der Waals surface area contributed by atoms with Gasteiger partial charge in [0.25, 0.3) is 5.56 Å². The number of H-pyrrole nitrogens is 1. The highest BCUT2D eigenvalue weighted by molar-refractivity contribution is 7.17. The number of benzene rings is 1. The van der Waals surface area contributed by atoms with Gasteiger partial charge in [0, 0.05) is 18.7 Å². The standard InChI is InChI=1S/C19H21N3O3S/c1-13-6-5-7-14(12-13)20-16(23)8-3-2-4-10-22-18(24)17-15(9-11-26-17)21-19(22)25/h5-7,9,11-12H,2-4,8,10H2,1H3,(H,20,23)(H,21,25). The lowest BCUT2D eigenvalue weighted by Gasteiger charge is -2.07. The molecule has 2 aromatic heterocycles. The number of hydrogen-bond donors (Lipinski definition) is 2. The SMILES string of the molecule is Cc1cccc(NC(=O)CCCCCn2c(=O)[nH]c3ccsc3c2=O)c1. The van der Waals surface area contributed by atoms with E-state index in [1.807, 2.05) is 31.2 Å². The van der Waals surface area contributed by atoms with Crippen LogP contribution in [-0.2, 0) is 11.3 Å². The molecule has 0 bridgehead atoms. The van der Waals surface area contributed by atoms with Crippen molar-refractivity contribution in [3.63, 3.8) is 0 Å². The van der Waals surface area contributed by atoms with E-state index in [1.165, 1.54) is 15.9 Å². The zero-order valence-corrected chi connectivity index (χ0v) is 15.4. The van der Waals surface area contributed by atoms with Gasteiger partial charge in [-0.05, 0) is 48.9 Å². The van der Waals surface area contributed by atoms with Crippen LogP contribution in [0.4, 0.5) is 5.69 Å². The summed E-state index contributed by atoms with van der Waals surface area (Å²) in [4.78, 5) is 39.0. The van der Waals surface area contributed by atoms with Crippen molar-refractivity contribution in [2.45, 2.75) is 39.2 Å². The molecule has 0 atom stereocenters. The van der Waals surface area contributed by atoms with Crippen LogP contribution in [0.3, 0.4) is 0 Å². The van der Waals surface area contributed by atoms with E-state index in [0.717, 1.165) is 17.7 Å². The summed E-state index contributed by atoms with van der Waals surface area (Å²) >= 11 is 1.33. The van der Waals surface area contributed by atoms with Crippen molar-refractivity contribution in [3.8, 4) is 0 Å². The number of nitrogens with one attached hydrogen (secondary N) is 2. The molecule has 3 aromatic rings. The number of carbonyl (C=O) groups excluding carboxylic acids is 1. The fourth-order valence-electron chi connectivity index (χ4n) is 2.85. The van der Waals surface area contributed by atoms with Gasteiger partial charge in [-0.15, -0.1) is 11.3 Å². The summed E-state index contributed by atoms with van der Waals surface area (Å²) in [6, 6.07) is 9.42. The highest BCUT2D eigenvalue weighted by atomic mass is 32.1. The molecule has 0 radical (unpaired) electrons. The molecule has 136 valence electrons. The van der Waals surface area contributed by atoms with Crippen molar-refractivity contribution in [3.05, 3.63) is 62.1 Å². The van der Waals surface area contributed by atoms with Crippen molar-refractivity contribution >= 4 is 33.1 Å². The summed E-state index contributed by atoms with van der Waals surface area (Å²) in [6.45, 7) is 2.34. The monoisotopic (exact) mass is 371 g/mol. The van der Waals surface area contributed by atoms with Crippen LogP contribution in [0.5, 0.6) is 0 Å². The van der Waals surface area contributed by atoms with Crippen LogP contribution in [0.25, 0.3) is 10.2 Å². The quantitative estimate of drug-likeness (QED) is 0.625. The van der Waals surface area contributed by atoms with Crippen LogP contribution in [-0.4, -0.2) is 15.5 Å². The van der Waals surface area contributed by atoms with E-state index in [0.29, 0.717) is 36.0 Å². The minimum Gasteiger partial charge on any atom is -0.326 e. The van der Waals surface area contributed by atoms with Crippen LogP contribution in [0.2, 0.25) is 0 Å². The molecule has 0 aliphatic carbocycles. The molecule has 1 aromatic carbocycles. The van der Waals surface area contributed by atoms with Crippen LogP contribution in [0, 0.1) is 6.92 Å². The number of aromatic amines is 1. The molecule has 0 saturated carbocycles. The van der Waals surface area contributed by atoms with Gasteiger partial charge in [0.05, 0.1) is 5.52 Å². The molecule has 7 heteroatoms. The van der Waals surface area contributed by atoms with Crippen molar-refractivity contribution in [2.75, 3.05) is 5.32 Å². The normalized spacial score (nSPS) is 11.0. The number of rotatable bonds is 7. The van der Waals surface area contributed by atoms with Gasteiger partial charge in [-0.2, -0.15) is 0 Å². The molecular weight excluding hydrogens is 350 g/mol. The second kappa shape index (κ2) is 8.14. The van der Waals surface area contributed by atoms with Crippen LogP contribution in [0.15, 0.2) is 45.3 Å². The lowest BCUT2D eigenvalue weighted by atomic mass is 10.1. The van der Waals surface area contributed by atoms with Crippen LogP contribution in [0.1, 0.15) is 31.2 Å². The van der Waals surface area contributed by atoms with E-state index in [4.69, 9.17) is 0 Å². The number of aromatic nitrogens is 2. The molecule has 1 amide bonds. The minimum atomic E-state index is -0.377. The summed E-state index contributed by atoms with van der Waals surface area (Å²) in [5.74, 6) is -0.0226. The number of unbranched alkanes of at least 4 members (excludes halogenated alkanes) is 2. The number of anilines is 1. The van der Waals surface area contributed by atoms with Gasteiger partial charge in [0.15, 0.2) is 0 Å². The third-order valence-electron chi connectivity index (χ3n) is 4.18. The van der Waals surface area contributed by atoms with E-state index < -0.39 is 0 Å². The third kappa shape index (κ3) is 4.29. The minimum absolute atomic E-state index is 0.0226. The largest absolute Gasteiger partial charge is 0.328 e. The Balaban J connectivity index is 1.47. The molecule has 0 saturated heterocycles. The summed E-state index contributed by atoms with van der Waals surface area (Å²) in [7, 11) is 0. The molecule has 0 unspecified atom stereocenters. The Hall–Kier alpha value is -2.67. The molecule has 0 aliphatic heterocycles. The zero-order valence-electron chi connectivity index (χ0n) is 14.6. The van der Waals surface area contributed by atoms with Gasteiger partial charge >= 0.3 is 5.69 Å². The first-order chi connectivity index (χ1) is 12.5. The number of hydrogen-bond acceptors (Lipinski definition) is 4. The summed E-state index contributed by atoms with van der Waals surface area (Å²) in [5, 5.41) is 4.67. The lowest BCUT2D eigenvalue weighted by molar-refractivity contribution is -0.116. The van der Waals surface area contributed by atoms with Gasteiger partial charge in [0.2, 0.25) is 5.91 Å². The Bertz CT molecular complexity index is 1030. The first-order valence-electron chi connectivity index (χ1n) is 8.61. The van der Waals surface area contributed by atoms with Crippen molar-refractivity contribution < 1.29 is 4.79 Å². The Morgan fingerprint density at radius 2 is 2.04 bits per heavy atom. The molecule has 2 N–H and O–H groups in total. The van der Waals surface area contributed by atoms with Gasteiger partial charge in [-0.1, -0.05) is 18.6 Å². The summed E-state index contributed by atoms with van der Waals surface area (Å²) < 4.78 is 1.81. The fraction of sp³-hybridized carbons (Fsp3) is 0.316. The Kier molecular flexibility index (Phi) is 5.68. The van der Waals surface area contributed by atoms with Gasteiger partial charge in [0.1, 0.15) is 4.70 Å². The number of amides is 1. The molecule has 0 fully saturated rings. The molecule has 2 heterocycles. The molecule has 0 aliphatic rings. The van der Waals surface area contributed by atoms with E-state index in [1.54, 1.807) is 11.4 Å². The number of aryl methyl sites for hydroxylation is 1. The fourth-order valence-corrected chi connectivity index (χ4v) is 3.65. The lowest BCUT2D eigenvalue weighted by Crippen LogP contribution is -2.34. The third-order valence-corrected chi connectivity index (χ3v) is 5.08. The topological polar surface area (TPSA) is 84.0 Å². The smallest absolute Gasteiger partial charge is 0.326 e. The number of nitrogens with zero attached hydrogens (tertiary/aromatic N) is 1. The molecule has 3 rings (SSSR count). The van der Waals surface area contributed by atoms with Crippen molar-refractivity contribution in [2.24, 2.45) is 0 Å². The van der Waals surface area contributed by atoms with Gasteiger partial charge < -0.3 is 10.3 Å². The maximum absolute atomic E-state index is 12.3. The second-order valence-corrected chi connectivity index (χ2v) is 7.19. The number of fused-ring (bicyclic) bond motifs is 1. The maximum atomic E-state index is 12.3. The van der Waals surface area contributed by atoms with Gasteiger partial charge in [-0.25, -0.2) is 4.79 Å². The highest BCUT2D eigenvalue weighted by Crippen LogP contribution is 2.13. The van der Waals surface area contributed by atoms with Crippen LogP contribution >= 0.6 is 11.3 Å². The average molecular weight is 371 g/mol. The Morgan fingerprint density at radius 1 is 1.19 bits per heavy atom. The Labute approximate surface area is 154 Å². The number of carbonyl (C=O) groups is 1. The molecule has 0 spiro atoms. The van der Waals surface area contributed by atoms with Gasteiger partial charge in [-0.3, -0.25) is 14.2 Å². The highest BCUT2D eigenvalue weighted by Gasteiger charge is 2.08. The van der Waals surface area contributed by atoms with Crippen molar-refractivity contribution in [1.29, 1.82) is 0 Å². The summed E-state index contributed by atoms with van der Waals surface area (Å²) in [6.07, 6.45) is 2.59. The first-order valence-corrected chi connectivity index (χ1v) is 9.49. The zero-order chi connectivity index (χ0) is 18.5. The van der Waals surface area contributed by atoms with Crippen LogP contribution < -0.4 is 16.6 Å². The Morgan fingerprint density at radius 3 is 2.85 bits per heavy atom. The predicted molar refractivity (Wildman–Crippen MR) is 105 cm³/mol. The molecule has 26 heavy (non-hydrogen) atoms. The summed E-state index contributed by atoms with van der Waals surface area (Å²) in [5.41, 5.74) is 1.88. The number of thiophene rings is 1. The van der Waals surface area contributed by atoms with E-state index >= 15 is 0 Å². The average Bonchev–Trinajstić information content (AvgIpc) is 3.05. The molecular formula is C19H21N3O3S. The maximum Gasteiger partial charge on any atom is 0.328 e. The van der Waals surface area contributed by atoms with E-state index in [2.05, 4.69) is 10.3 Å². The second-order valence-electron chi connectivity index (χ2n) is 6.28. The van der Waals surface area contributed by atoms with E-state index in [-0.39, 0.29) is 17.2 Å². The predicted octanol–water partition coefficient (Wildman–Crippen LogP) is 3.26.